The molecule has 0 saturated carbocycles. The predicted octanol–water partition coefficient (Wildman–Crippen LogP) is 2.13. The van der Waals surface area contributed by atoms with Gasteiger partial charge < -0.3 is 5.32 Å². The van der Waals surface area contributed by atoms with Gasteiger partial charge in [0.05, 0.1) is 11.1 Å². The van der Waals surface area contributed by atoms with Gasteiger partial charge in [0.1, 0.15) is 6.20 Å². The highest BCUT2D eigenvalue weighted by Gasteiger charge is 2.10. The Hall–Kier alpha value is -1.96. The first-order valence-corrected chi connectivity index (χ1v) is 6.31. The third-order valence-electron chi connectivity index (χ3n) is 2.51. The molecule has 96 valence electrons. The van der Waals surface area contributed by atoms with E-state index >= 15 is 0 Å². The van der Waals surface area contributed by atoms with Crippen molar-refractivity contribution in [3.05, 3.63) is 33.8 Å². The van der Waals surface area contributed by atoms with Gasteiger partial charge in [-0.15, -0.1) is 0 Å². The molecular formula is C10H13N5O2S. The van der Waals surface area contributed by atoms with Gasteiger partial charge in [-0.25, -0.2) is 4.98 Å². The SMILES string of the molecule is Cc1[nH]ncc1CCCNc1ncc([N+](=O)[O-])s1. The fourth-order valence-electron chi connectivity index (χ4n) is 1.53. The van der Waals surface area contributed by atoms with E-state index in [-0.39, 0.29) is 5.00 Å². The zero-order valence-electron chi connectivity index (χ0n) is 9.84. The van der Waals surface area contributed by atoms with Crippen LogP contribution in [0.5, 0.6) is 0 Å². The monoisotopic (exact) mass is 267 g/mol. The molecular weight excluding hydrogens is 254 g/mol. The van der Waals surface area contributed by atoms with Crippen LogP contribution in [0, 0.1) is 17.0 Å². The number of thiazole rings is 1. The maximum absolute atomic E-state index is 10.5. The average molecular weight is 267 g/mol. The van der Waals surface area contributed by atoms with Gasteiger partial charge >= 0.3 is 5.00 Å². The van der Waals surface area contributed by atoms with Crippen LogP contribution < -0.4 is 5.32 Å². The highest BCUT2D eigenvalue weighted by Crippen LogP contribution is 2.24. The molecule has 0 unspecified atom stereocenters. The van der Waals surface area contributed by atoms with Crippen LogP contribution in [0.2, 0.25) is 0 Å². The molecule has 8 heteroatoms. The molecule has 2 N–H and O–H groups in total. The summed E-state index contributed by atoms with van der Waals surface area (Å²) in [5, 5.41) is 21.0. The summed E-state index contributed by atoms with van der Waals surface area (Å²) in [4.78, 5) is 14.0. The second kappa shape index (κ2) is 5.58. The first kappa shape index (κ1) is 12.5. The van der Waals surface area contributed by atoms with E-state index in [4.69, 9.17) is 0 Å². The Morgan fingerprint density at radius 2 is 2.39 bits per heavy atom. The topological polar surface area (TPSA) is 96.7 Å². The van der Waals surface area contributed by atoms with E-state index in [1.165, 1.54) is 11.8 Å². The number of aromatic amines is 1. The summed E-state index contributed by atoms with van der Waals surface area (Å²) in [5.41, 5.74) is 2.28. The standard InChI is InChI=1S/C10H13N5O2S/c1-7-8(5-13-14-7)3-2-4-11-10-12-6-9(18-10)15(16)17/h5-6H,2-4H2,1H3,(H,11,12)(H,13,14). The number of rotatable bonds is 6. The van der Waals surface area contributed by atoms with Crippen LogP contribution in [-0.4, -0.2) is 26.6 Å². The third kappa shape index (κ3) is 3.04. The number of aryl methyl sites for hydroxylation is 2. The van der Waals surface area contributed by atoms with Crippen molar-refractivity contribution < 1.29 is 4.92 Å². The van der Waals surface area contributed by atoms with E-state index in [2.05, 4.69) is 20.5 Å². The second-order valence-corrected chi connectivity index (χ2v) is 4.82. The average Bonchev–Trinajstić information content (AvgIpc) is 2.94. The van der Waals surface area contributed by atoms with E-state index in [0.717, 1.165) is 36.4 Å². The first-order chi connectivity index (χ1) is 8.66. The molecule has 2 aromatic rings. The van der Waals surface area contributed by atoms with Crippen LogP contribution in [-0.2, 0) is 6.42 Å². The lowest BCUT2D eigenvalue weighted by Crippen LogP contribution is -2.02. The number of hydrogen-bond acceptors (Lipinski definition) is 6. The summed E-state index contributed by atoms with van der Waals surface area (Å²) < 4.78 is 0. The summed E-state index contributed by atoms with van der Waals surface area (Å²) in [7, 11) is 0. The largest absolute Gasteiger partial charge is 0.361 e. The van der Waals surface area contributed by atoms with Gasteiger partial charge in [0.15, 0.2) is 5.13 Å². The van der Waals surface area contributed by atoms with Crippen LogP contribution in [0.1, 0.15) is 17.7 Å². The lowest BCUT2D eigenvalue weighted by Gasteiger charge is -2.01. The Labute approximate surface area is 107 Å². The molecule has 0 aliphatic heterocycles. The van der Waals surface area contributed by atoms with Crippen molar-refractivity contribution in [1.82, 2.24) is 15.2 Å². The number of hydrogen-bond donors (Lipinski definition) is 2. The molecule has 0 atom stereocenters. The first-order valence-electron chi connectivity index (χ1n) is 5.50. The fraction of sp³-hybridized carbons (Fsp3) is 0.400. The number of nitrogens with one attached hydrogen (secondary N) is 2. The van der Waals surface area contributed by atoms with Crippen LogP contribution in [0.4, 0.5) is 10.1 Å². The van der Waals surface area contributed by atoms with Gasteiger partial charge in [-0.3, -0.25) is 15.2 Å². The van der Waals surface area contributed by atoms with Crippen molar-refractivity contribution in [3.63, 3.8) is 0 Å². The Morgan fingerprint density at radius 3 is 3.00 bits per heavy atom. The molecule has 0 aromatic carbocycles. The Morgan fingerprint density at radius 1 is 1.56 bits per heavy atom. The summed E-state index contributed by atoms with van der Waals surface area (Å²) in [5.74, 6) is 0. The summed E-state index contributed by atoms with van der Waals surface area (Å²) >= 11 is 1.05. The Bertz CT molecular complexity index is 536. The number of H-pyrrole nitrogens is 1. The van der Waals surface area contributed by atoms with Crippen molar-refractivity contribution in [2.24, 2.45) is 0 Å². The molecule has 18 heavy (non-hydrogen) atoms. The smallest absolute Gasteiger partial charge is 0.345 e. The summed E-state index contributed by atoms with van der Waals surface area (Å²) in [6, 6.07) is 0. The van der Waals surface area contributed by atoms with Gasteiger partial charge in [-0.2, -0.15) is 5.10 Å². The zero-order valence-corrected chi connectivity index (χ0v) is 10.7. The molecule has 0 aliphatic rings. The van der Waals surface area contributed by atoms with Crippen molar-refractivity contribution in [2.75, 3.05) is 11.9 Å². The molecule has 0 saturated heterocycles. The molecule has 2 rings (SSSR count). The lowest BCUT2D eigenvalue weighted by atomic mass is 10.1. The molecule has 0 aliphatic carbocycles. The van der Waals surface area contributed by atoms with Crippen LogP contribution in [0.3, 0.4) is 0 Å². The summed E-state index contributed by atoms with van der Waals surface area (Å²) in [6.07, 6.45) is 4.94. The van der Waals surface area contributed by atoms with Crippen molar-refractivity contribution in [1.29, 1.82) is 0 Å². The van der Waals surface area contributed by atoms with Crippen molar-refractivity contribution in [3.8, 4) is 0 Å². The third-order valence-corrected chi connectivity index (χ3v) is 3.41. The van der Waals surface area contributed by atoms with Crippen LogP contribution in [0.25, 0.3) is 0 Å². The fourth-order valence-corrected chi connectivity index (χ4v) is 2.19. The van der Waals surface area contributed by atoms with Gasteiger partial charge in [0, 0.05) is 12.2 Å². The number of nitrogens with zero attached hydrogens (tertiary/aromatic N) is 3. The quantitative estimate of drug-likeness (QED) is 0.474. The molecule has 2 heterocycles. The summed E-state index contributed by atoms with van der Waals surface area (Å²) in [6.45, 7) is 2.72. The minimum absolute atomic E-state index is 0.0585. The van der Waals surface area contributed by atoms with Crippen LogP contribution >= 0.6 is 11.3 Å². The maximum atomic E-state index is 10.5. The van der Waals surface area contributed by atoms with E-state index in [0.29, 0.717) is 5.13 Å². The molecule has 2 aromatic heterocycles. The van der Waals surface area contributed by atoms with Gasteiger partial charge in [0.2, 0.25) is 0 Å². The highest BCUT2D eigenvalue weighted by molar-refractivity contribution is 7.18. The van der Waals surface area contributed by atoms with E-state index in [1.54, 1.807) is 0 Å². The van der Waals surface area contributed by atoms with E-state index in [1.807, 2.05) is 13.1 Å². The second-order valence-electron chi connectivity index (χ2n) is 3.81. The molecule has 7 nitrogen and oxygen atoms in total. The van der Waals surface area contributed by atoms with Gasteiger partial charge in [0.25, 0.3) is 0 Å². The molecule has 0 spiro atoms. The lowest BCUT2D eigenvalue weighted by molar-refractivity contribution is -0.380. The highest BCUT2D eigenvalue weighted by atomic mass is 32.1. The molecule has 0 amide bonds. The maximum Gasteiger partial charge on any atom is 0.345 e. The Balaban J connectivity index is 1.75. The zero-order chi connectivity index (χ0) is 13.0. The number of anilines is 1. The van der Waals surface area contributed by atoms with Crippen molar-refractivity contribution in [2.45, 2.75) is 19.8 Å². The molecule has 0 radical (unpaired) electrons. The minimum atomic E-state index is -0.433. The number of aromatic nitrogens is 3. The van der Waals surface area contributed by atoms with Crippen LogP contribution in [0.15, 0.2) is 12.4 Å². The van der Waals surface area contributed by atoms with E-state index < -0.39 is 4.92 Å². The number of nitro groups is 1. The minimum Gasteiger partial charge on any atom is -0.361 e. The Kier molecular flexibility index (Phi) is 3.88. The van der Waals surface area contributed by atoms with Gasteiger partial charge in [-0.05, 0) is 36.7 Å². The predicted molar refractivity (Wildman–Crippen MR) is 68.9 cm³/mol. The molecule has 0 bridgehead atoms. The normalized spacial score (nSPS) is 10.5. The van der Waals surface area contributed by atoms with Crippen molar-refractivity contribution >= 4 is 21.5 Å². The van der Waals surface area contributed by atoms with E-state index in [9.17, 15) is 10.1 Å². The van der Waals surface area contributed by atoms with Gasteiger partial charge in [-0.1, -0.05) is 0 Å². The molecule has 0 fully saturated rings.